The van der Waals surface area contributed by atoms with Gasteiger partial charge >= 0.3 is 0 Å². The average molecular weight is 337 g/mol. The van der Waals surface area contributed by atoms with Gasteiger partial charge in [0.05, 0.1) is 24.6 Å². The number of rotatable bonds is 3. The van der Waals surface area contributed by atoms with Gasteiger partial charge in [-0.05, 0) is 12.8 Å². The van der Waals surface area contributed by atoms with Crippen LogP contribution in [0.2, 0.25) is 0 Å². The van der Waals surface area contributed by atoms with E-state index in [-0.39, 0.29) is 5.95 Å². The van der Waals surface area contributed by atoms with Crippen LogP contribution in [-0.4, -0.2) is 50.6 Å². The Kier molecular flexibility index (Phi) is 3.30. The number of nitrogens with two attached hydrogens (primary N) is 1. The van der Waals surface area contributed by atoms with Crippen molar-refractivity contribution in [3.05, 3.63) is 30.5 Å². The van der Waals surface area contributed by atoms with E-state index < -0.39 is 0 Å². The Bertz CT molecular complexity index is 911. The third kappa shape index (κ3) is 2.68. The van der Waals surface area contributed by atoms with Crippen LogP contribution in [0.5, 0.6) is 0 Å². The Labute approximate surface area is 144 Å². The molecule has 0 bridgehead atoms. The van der Waals surface area contributed by atoms with E-state index in [1.54, 1.807) is 12.4 Å². The van der Waals surface area contributed by atoms with Crippen LogP contribution in [-0.2, 0) is 4.74 Å². The highest BCUT2D eigenvalue weighted by Gasteiger charge is 2.28. The van der Waals surface area contributed by atoms with E-state index >= 15 is 0 Å². The molecule has 8 nitrogen and oxygen atoms in total. The molecule has 0 amide bonds. The van der Waals surface area contributed by atoms with E-state index in [0.29, 0.717) is 19.1 Å². The smallest absolute Gasteiger partial charge is 0.219 e. The zero-order valence-electron chi connectivity index (χ0n) is 13.8. The summed E-state index contributed by atoms with van der Waals surface area (Å²) < 4.78 is 7.56. The van der Waals surface area contributed by atoms with E-state index in [4.69, 9.17) is 20.4 Å². The normalized spacial score (nSPS) is 18.0. The molecule has 5 rings (SSSR count). The minimum absolute atomic E-state index is 0.261. The molecular formula is C17H19N7O. The number of nitrogens with zero attached hydrogens (tertiary/aromatic N) is 6. The Hall–Kier alpha value is -2.74. The second kappa shape index (κ2) is 5.66. The minimum Gasteiger partial charge on any atom is -0.378 e. The molecule has 1 saturated carbocycles. The molecule has 2 fully saturated rings. The summed E-state index contributed by atoms with van der Waals surface area (Å²) >= 11 is 0. The van der Waals surface area contributed by atoms with Crippen LogP contribution in [0.1, 0.15) is 24.5 Å². The van der Waals surface area contributed by atoms with Crippen molar-refractivity contribution < 1.29 is 4.74 Å². The molecule has 1 saturated heterocycles. The van der Waals surface area contributed by atoms with Gasteiger partial charge in [0.1, 0.15) is 0 Å². The number of imidazole rings is 1. The number of aromatic nitrogens is 5. The summed E-state index contributed by atoms with van der Waals surface area (Å²) in [5.74, 6) is 1.75. The predicted octanol–water partition coefficient (Wildman–Crippen LogP) is 1.48. The lowest BCUT2D eigenvalue weighted by Gasteiger charge is -2.28. The first-order valence-electron chi connectivity index (χ1n) is 8.58. The number of morpholine rings is 1. The maximum atomic E-state index is 5.61. The van der Waals surface area contributed by atoms with Crippen molar-refractivity contribution in [1.29, 1.82) is 0 Å². The first kappa shape index (κ1) is 14.6. The predicted molar refractivity (Wildman–Crippen MR) is 93.4 cm³/mol. The van der Waals surface area contributed by atoms with Gasteiger partial charge in [-0.25, -0.2) is 19.9 Å². The molecule has 0 atom stereocenters. The molecule has 3 aromatic heterocycles. The van der Waals surface area contributed by atoms with Gasteiger partial charge in [-0.3, -0.25) is 0 Å². The Morgan fingerprint density at radius 1 is 1.04 bits per heavy atom. The minimum atomic E-state index is 0.261. The molecule has 128 valence electrons. The molecule has 0 radical (unpaired) electrons. The van der Waals surface area contributed by atoms with Gasteiger partial charge < -0.3 is 19.8 Å². The second-order valence-electron chi connectivity index (χ2n) is 6.55. The Morgan fingerprint density at radius 2 is 1.80 bits per heavy atom. The van der Waals surface area contributed by atoms with Gasteiger partial charge in [-0.2, -0.15) is 0 Å². The fourth-order valence-electron chi connectivity index (χ4n) is 3.17. The van der Waals surface area contributed by atoms with E-state index in [1.807, 2.05) is 6.20 Å². The first-order chi connectivity index (χ1) is 12.3. The second-order valence-corrected chi connectivity index (χ2v) is 6.55. The summed E-state index contributed by atoms with van der Waals surface area (Å²) in [6.07, 6.45) is 9.98. The van der Waals surface area contributed by atoms with Gasteiger partial charge in [0, 0.05) is 49.4 Å². The van der Waals surface area contributed by atoms with Gasteiger partial charge in [-0.1, -0.05) is 0 Å². The zero-order valence-corrected chi connectivity index (χ0v) is 13.8. The molecule has 2 aliphatic rings. The van der Waals surface area contributed by atoms with Crippen molar-refractivity contribution >= 4 is 17.4 Å². The largest absolute Gasteiger partial charge is 0.378 e. The van der Waals surface area contributed by atoms with Gasteiger partial charge in [0.2, 0.25) is 5.95 Å². The summed E-state index contributed by atoms with van der Waals surface area (Å²) in [5.41, 5.74) is 9.32. The summed E-state index contributed by atoms with van der Waals surface area (Å²) in [5, 5.41) is 0. The number of fused-ring (bicyclic) bond motifs is 1. The van der Waals surface area contributed by atoms with Crippen LogP contribution < -0.4 is 10.6 Å². The van der Waals surface area contributed by atoms with E-state index in [0.717, 1.165) is 41.5 Å². The van der Waals surface area contributed by atoms with Crippen molar-refractivity contribution in [1.82, 2.24) is 24.3 Å². The van der Waals surface area contributed by atoms with Crippen LogP contribution in [0, 0.1) is 0 Å². The van der Waals surface area contributed by atoms with E-state index in [1.165, 1.54) is 12.8 Å². The average Bonchev–Trinajstić information content (AvgIpc) is 3.41. The molecule has 0 spiro atoms. The lowest BCUT2D eigenvalue weighted by Crippen LogP contribution is -2.37. The van der Waals surface area contributed by atoms with Crippen molar-refractivity contribution in [2.75, 3.05) is 36.9 Å². The van der Waals surface area contributed by atoms with Crippen molar-refractivity contribution in [3.63, 3.8) is 0 Å². The van der Waals surface area contributed by atoms with Crippen LogP contribution in [0.25, 0.3) is 16.9 Å². The number of anilines is 2. The fraction of sp³-hybridized carbons (Fsp3) is 0.412. The highest BCUT2D eigenvalue weighted by molar-refractivity contribution is 5.70. The lowest BCUT2D eigenvalue weighted by molar-refractivity contribution is 0.122. The maximum absolute atomic E-state index is 5.61. The van der Waals surface area contributed by atoms with Crippen LogP contribution >= 0.6 is 0 Å². The Morgan fingerprint density at radius 3 is 2.52 bits per heavy atom. The number of nitrogen functional groups attached to an aromatic ring is 1. The maximum Gasteiger partial charge on any atom is 0.219 e. The van der Waals surface area contributed by atoms with Crippen molar-refractivity contribution in [2.45, 2.75) is 18.8 Å². The van der Waals surface area contributed by atoms with Gasteiger partial charge in [0.25, 0.3) is 0 Å². The molecule has 1 aliphatic heterocycles. The molecule has 0 aromatic carbocycles. The molecular weight excluding hydrogens is 318 g/mol. The first-order valence-corrected chi connectivity index (χ1v) is 8.58. The fourth-order valence-corrected chi connectivity index (χ4v) is 3.17. The van der Waals surface area contributed by atoms with E-state index in [9.17, 15) is 0 Å². The third-order valence-corrected chi connectivity index (χ3v) is 4.71. The van der Waals surface area contributed by atoms with Gasteiger partial charge in [-0.15, -0.1) is 0 Å². The number of ether oxygens (including phenoxy) is 1. The monoisotopic (exact) mass is 337 g/mol. The van der Waals surface area contributed by atoms with E-state index in [2.05, 4.69) is 25.5 Å². The summed E-state index contributed by atoms with van der Waals surface area (Å²) in [6.45, 7) is 3.05. The Balaban J connectivity index is 1.66. The zero-order chi connectivity index (χ0) is 16.8. The topological polar surface area (TPSA) is 94.5 Å². The summed E-state index contributed by atoms with van der Waals surface area (Å²) in [7, 11) is 0. The summed E-state index contributed by atoms with van der Waals surface area (Å²) in [4.78, 5) is 20.2. The van der Waals surface area contributed by atoms with Crippen LogP contribution in [0.3, 0.4) is 0 Å². The number of hydrogen-bond donors (Lipinski definition) is 1. The standard InChI is InChI=1S/C17H19N7O/c18-17-19-7-12(8-20-17)14-10-24-9-13(11-1-2-11)21-16(24)15(22-14)23-3-5-25-6-4-23/h7-11H,1-6H2,(H2,18,19,20). The van der Waals surface area contributed by atoms with Crippen molar-refractivity contribution in [3.8, 4) is 11.3 Å². The van der Waals surface area contributed by atoms with Crippen LogP contribution in [0.15, 0.2) is 24.8 Å². The van der Waals surface area contributed by atoms with Crippen molar-refractivity contribution in [2.24, 2.45) is 0 Å². The molecule has 3 aromatic rings. The molecule has 0 unspecified atom stereocenters. The highest BCUT2D eigenvalue weighted by Crippen LogP contribution is 2.40. The van der Waals surface area contributed by atoms with Crippen LogP contribution in [0.4, 0.5) is 11.8 Å². The lowest BCUT2D eigenvalue weighted by atomic mass is 10.2. The molecule has 1 aliphatic carbocycles. The molecule has 25 heavy (non-hydrogen) atoms. The molecule has 4 heterocycles. The molecule has 8 heteroatoms. The quantitative estimate of drug-likeness (QED) is 0.773. The highest BCUT2D eigenvalue weighted by atomic mass is 16.5. The molecule has 2 N–H and O–H groups in total. The third-order valence-electron chi connectivity index (χ3n) is 4.71. The SMILES string of the molecule is Nc1ncc(-c2cn3cc(C4CC4)nc3c(N3CCOCC3)n2)cn1. The van der Waals surface area contributed by atoms with Gasteiger partial charge in [0.15, 0.2) is 11.5 Å². The summed E-state index contributed by atoms with van der Waals surface area (Å²) in [6, 6.07) is 0. The number of hydrogen-bond acceptors (Lipinski definition) is 7.